The first-order valence-corrected chi connectivity index (χ1v) is 5.66. The minimum atomic E-state index is -4.15. The third-order valence-electron chi connectivity index (χ3n) is 1.76. The van der Waals surface area contributed by atoms with Crippen molar-refractivity contribution in [2.24, 2.45) is 0 Å². The molecule has 0 amide bonds. The van der Waals surface area contributed by atoms with E-state index in [0.29, 0.717) is 0 Å². The molecule has 0 aliphatic heterocycles. The van der Waals surface area contributed by atoms with Crippen molar-refractivity contribution in [2.45, 2.75) is 5.75 Å². The van der Waals surface area contributed by atoms with Gasteiger partial charge in [0.15, 0.2) is 0 Å². The van der Waals surface area contributed by atoms with Crippen LogP contribution in [0, 0.1) is 0 Å². The summed E-state index contributed by atoms with van der Waals surface area (Å²) in [6.45, 7) is 0. The van der Waals surface area contributed by atoms with Crippen LogP contribution < -0.4 is 0 Å². The lowest BCUT2D eigenvalue weighted by molar-refractivity contribution is 0.0600. The topological polar surface area (TPSA) is 80.7 Å². The highest BCUT2D eigenvalue weighted by Gasteiger charge is 2.15. The van der Waals surface area contributed by atoms with Gasteiger partial charge < -0.3 is 4.74 Å². The molecule has 5 nitrogen and oxygen atoms in total. The maximum atomic E-state index is 11.2. The zero-order valence-electron chi connectivity index (χ0n) is 8.00. The summed E-state index contributed by atoms with van der Waals surface area (Å²) < 4.78 is 34.5. The molecule has 0 radical (unpaired) electrons. The highest BCUT2D eigenvalue weighted by atomic mass is 32.2. The van der Waals surface area contributed by atoms with Crippen molar-refractivity contribution in [3.63, 3.8) is 0 Å². The Morgan fingerprint density at radius 3 is 2.53 bits per heavy atom. The number of methoxy groups -OCH3 is 1. The largest absolute Gasteiger partial charge is 0.465 e. The Morgan fingerprint density at radius 2 is 2.00 bits per heavy atom. The number of ether oxygens (including phenoxy) is 1. The molecule has 0 unspecified atom stereocenters. The molecule has 1 rings (SSSR count). The molecular weight excluding hydrogens is 220 g/mol. The molecule has 15 heavy (non-hydrogen) atoms. The Hall–Kier alpha value is -1.40. The van der Waals surface area contributed by atoms with Crippen molar-refractivity contribution >= 4 is 16.1 Å². The summed E-state index contributed by atoms with van der Waals surface area (Å²) in [5, 5.41) is 0. The lowest BCUT2D eigenvalue weighted by atomic mass is 10.1. The number of carbonyl (C=O) groups excluding carboxylic acids is 1. The Labute approximate surface area is 87.4 Å². The maximum absolute atomic E-state index is 11.2. The van der Waals surface area contributed by atoms with E-state index in [1.807, 2.05) is 0 Å². The van der Waals surface area contributed by atoms with E-state index in [2.05, 4.69) is 4.74 Å². The Balaban J connectivity index is 3.13. The average molecular weight is 230 g/mol. The molecule has 0 aliphatic carbocycles. The van der Waals surface area contributed by atoms with Crippen LogP contribution in [0.3, 0.4) is 0 Å². The Morgan fingerprint density at radius 1 is 1.40 bits per heavy atom. The van der Waals surface area contributed by atoms with Gasteiger partial charge in [-0.25, -0.2) is 4.79 Å². The third-order valence-corrected chi connectivity index (χ3v) is 2.44. The van der Waals surface area contributed by atoms with E-state index in [0.717, 1.165) is 0 Å². The molecule has 0 bridgehead atoms. The molecule has 6 heteroatoms. The normalized spacial score (nSPS) is 11.1. The van der Waals surface area contributed by atoms with E-state index < -0.39 is 21.8 Å². The number of esters is 1. The van der Waals surface area contributed by atoms with Gasteiger partial charge in [0.05, 0.1) is 12.7 Å². The van der Waals surface area contributed by atoms with Gasteiger partial charge in [-0.2, -0.15) is 8.42 Å². The van der Waals surface area contributed by atoms with Gasteiger partial charge in [0, 0.05) is 0 Å². The van der Waals surface area contributed by atoms with Crippen LogP contribution in [0.5, 0.6) is 0 Å². The number of carbonyl (C=O) groups is 1. The fraction of sp³-hybridized carbons (Fsp3) is 0.222. The van der Waals surface area contributed by atoms with E-state index in [1.54, 1.807) is 12.1 Å². The van der Waals surface area contributed by atoms with Gasteiger partial charge in [-0.15, -0.1) is 0 Å². The summed E-state index contributed by atoms with van der Waals surface area (Å²) in [6.07, 6.45) is 0. The molecule has 82 valence electrons. The molecule has 0 heterocycles. The molecule has 0 atom stereocenters. The monoisotopic (exact) mass is 230 g/mol. The van der Waals surface area contributed by atoms with Crippen LogP contribution in [0.25, 0.3) is 0 Å². The van der Waals surface area contributed by atoms with E-state index in [9.17, 15) is 13.2 Å². The molecule has 0 saturated heterocycles. The molecule has 1 aromatic carbocycles. The van der Waals surface area contributed by atoms with Crippen molar-refractivity contribution < 1.29 is 22.5 Å². The Bertz CT molecular complexity index is 463. The smallest absolute Gasteiger partial charge is 0.338 e. The molecule has 0 aromatic heterocycles. The number of benzene rings is 1. The standard InChI is InChI=1S/C9H10O5S/c1-14-9(10)8-5-3-2-4-7(8)6-15(11,12)13/h2-5H,6H2,1H3,(H,11,12,13). The van der Waals surface area contributed by atoms with Crippen LogP contribution in [0.15, 0.2) is 24.3 Å². The number of rotatable bonds is 3. The van der Waals surface area contributed by atoms with Crippen molar-refractivity contribution in [1.29, 1.82) is 0 Å². The van der Waals surface area contributed by atoms with Crippen molar-refractivity contribution in [3.8, 4) is 0 Å². The molecule has 0 aliphatic rings. The molecule has 0 fully saturated rings. The minimum Gasteiger partial charge on any atom is -0.465 e. The van der Waals surface area contributed by atoms with Crippen molar-refractivity contribution in [3.05, 3.63) is 35.4 Å². The predicted molar refractivity (Wildman–Crippen MR) is 53.0 cm³/mol. The molecule has 1 aromatic rings. The van der Waals surface area contributed by atoms with Gasteiger partial charge in [0.1, 0.15) is 5.75 Å². The van der Waals surface area contributed by atoms with Gasteiger partial charge in [-0.05, 0) is 11.6 Å². The van der Waals surface area contributed by atoms with Gasteiger partial charge in [0.2, 0.25) is 0 Å². The van der Waals surface area contributed by atoms with Crippen molar-refractivity contribution in [1.82, 2.24) is 0 Å². The lowest BCUT2D eigenvalue weighted by Crippen LogP contribution is -2.09. The van der Waals surface area contributed by atoms with Gasteiger partial charge in [0.25, 0.3) is 10.1 Å². The summed E-state index contributed by atoms with van der Waals surface area (Å²) in [7, 11) is -2.95. The van der Waals surface area contributed by atoms with Gasteiger partial charge in [-0.3, -0.25) is 4.55 Å². The molecule has 1 N–H and O–H groups in total. The van der Waals surface area contributed by atoms with Crippen LogP contribution in [0.2, 0.25) is 0 Å². The first kappa shape index (κ1) is 11.7. The summed E-state index contributed by atoms with van der Waals surface area (Å²) in [6, 6.07) is 6.04. The predicted octanol–water partition coefficient (Wildman–Crippen LogP) is 0.861. The zero-order valence-corrected chi connectivity index (χ0v) is 8.82. The van der Waals surface area contributed by atoms with E-state index in [1.165, 1.54) is 19.2 Å². The second-order valence-corrected chi connectivity index (χ2v) is 4.33. The molecule has 0 spiro atoms. The fourth-order valence-electron chi connectivity index (χ4n) is 1.15. The zero-order chi connectivity index (χ0) is 11.5. The van der Waals surface area contributed by atoms with Crippen LogP contribution in [0.1, 0.15) is 15.9 Å². The van der Waals surface area contributed by atoms with Crippen molar-refractivity contribution in [2.75, 3.05) is 7.11 Å². The first-order chi connectivity index (χ1) is 6.94. The van der Waals surface area contributed by atoms with Crippen LogP contribution in [-0.4, -0.2) is 26.0 Å². The average Bonchev–Trinajstić information content (AvgIpc) is 2.15. The summed E-state index contributed by atoms with van der Waals surface area (Å²) in [4.78, 5) is 11.2. The number of hydrogen-bond donors (Lipinski definition) is 1. The SMILES string of the molecule is COC(=O)c1ccccc1CS(=O)(=O)O. The summed E-state index contributed by atoms with van der Waals surface area (Å²) >= 11 is 0. The van der Waals surface area contributed by atoms with Crippen LogP contribution in [0.4, 0.5) is 0 Å². The third kappa shape index (κ3) is 3.34. The second kappa shape index (κ2) is 4.41. The van der Waals surface area contributed by atoms with Crippen LogP contribution >= 0.6 is 0 Å². The minimum absolute atomic E-state index is 0.137. The van der Waals surface area contributed by atoms with Gasteiger partial charge >= 0.3 is 5.97 Å². The second-order valence-electron chi connectivity index (χ2n) is 2.87. The molecular formula is C9H10O5S. The number of hydrogen-bond acceptors (Lipinski definition) is 4. The molecule has 0 saturated carbocycles. The highest BCUT2D eigenvalue weighted by molar-refractivity contribution is 7.85. The maximum Gasteiger partial charge on any atom is 0.338 e. The van der Waals surface area contributed by atoms with Gasteiger partial charge in [-0.1, -0.05) is 18.2 Å². The first-order valence-electron chi connectivity index (χ1n) is 4.05. The Kier molecular flexibility index (Phi) is 3.43. The highest BCUT2D eigenvalue weighted by Crippen LogP contribution is 2.12. The van der Waals surface area contributed by atoms with E-state index in [-0.39, 0.29) is 11.1 Å². The van der Waals surface area contributed by atoms with E-state index in [4.69, 9.17) is 4.55 Å². The fourth-order valence-corrected chi connectivity index (χ4v) is 1.80. The summed E-state index contributed by atoms with van der Waals surface area (Å²) in [5.41, 5.74) is 0.351. The quantitative estimate of drug-likeness (QED) is 0.615. The summed E-state index contributed by atoms with van der Waals surface area (Å²) in [5.74, 6) is -1.23. The van der Waals surface area contributed by atoms with Crippen LogP contribution in [-0.2, 0) is 20.6 Å². The van der Waals surface area contributed by atoms with E-state index >= 15 is 0 Å². The lowest BCUT2D eigenvalue weighted by Gasteiger charge is -2.05.